The number of fused-ring (bicyclic) bond motifs is 1. The highest BCUT2D eigenvalue weighted by Gasteiger charge is 2.31. The van der Waals surface area contributed by atoms with Gasteiger partial charge in [0.05, 0.1) is 4.47 Å². The van der Waals surface area contributed by atoms with Gasteiger partial charge in [0.1, 0.15) is 17.6 Å². The minimum atomic E-state index is -0.694. The zero-order chi connectivity index (χ0) is 24.9. The molecule has 0 aliphatic heterocycles. The van der Waals surface area contributed by atoms with E-state index in [9.17, 15) is 14.0 Å². The standard InChI is InChI=1S/C27H30BrFN2O3/c1-5-22(26(33)30-27(2,3)4)31(16-18-10-13-20(29)14-11-18)24(32)17-34-23-15-12-19-8-6-7-9-21(19)25(23)28/h6-15,22H,5,16-17H2,1-4H3,(H,30,33)/t22-/m1/s1. The number of benzene rings is 3. The number of nitrogens with zero attached hydrogens (tertiary/aromatic N) is 1. The zero-order valence-corrected chi connectivity index (χ0v) is 21.5. The van der Waals surface area contributed by atoms with Gasteiger partial charge in [-0.25, -0.2) is 4.39 Å². The Kier molecular flexibility index (Phi) is 8.31. The van der Waals surface area contributed by atoms with Crippen molar-refractivity contribution in [3.8, 4) is 5.75 Å². The average Bonchev–Trinajstić information content (AvgIpc) is 2.78. The van der Waals surface area contributed by atoms with Crippen LogP contribution in [0.15, 0.2) is 65.1 Å². The third kappa shape index (κ3) is 6.56. The van der Waals surface area contributed by atoms with E-state index in [4.69, 9.17) is 4.74 Å². The van der Waals surface area contributed by atoms with Gasteiger partial charge in [0.2, 0.25) is 5.91 Å². The van der Waals surface area contributed by atoms with E-state index >= 15 is 0 Å². The number of hydrogen-bond donors (Lipinski definition) is 1. The SMILES string of the molecule is CC[C@H](C(=O)NC(C)(C)C)N(Cc1ccc(F)cc1)C(=O)COc1ccc2ccccc2c1Br. The summed E-state index contributed by atoms with van der Waals surface area (Å²) < 4.78 is 20.1. The van der Waals surface area contributed by atoms with Gasteiger partial charge in [-0.15, -0.1) is 0 Å². The van der Waals surface area contributed by atoms with Crippen LogP contribution in [-0.2, 0) is 16.1 Å². The van der Waals surface area contributed by atoms with Crippen LogP contribution in [0.2, 0.25) is 0 Å². The first-order valence-corrected chi connectivity index (χ1v) is 12.0. The monoisotopic (exact) mass is 528 g/mol. The minimum Gasteiger partial charge on any atom is -0.483 e. The number of ether oxygens (including phenoxy) is 1. The fourth-order valence-corrected chi connectivity index (χ4v) is 4.31. The molecule has 1 atom stereocenters. The maximum atomic E-state index is 13.4. The summed E-state index contributed by atoms with van der Waals surface area (Å²) in [5, 5.41) is 4.99. The highest BCUT2D eigenvalue weighted by molar-refractivity contribution is 9.10. The van der Waals surface area contributed by atoms with E-state index in [1.807, 2.05) is 64.1 Å². The lowest BCUT2D eigenvalue weighted by Gasteiger charge is -2.33. The van der Waals surface area contributed by atoms with Crippen molar-refractivity contribution >= 4 is 38.5 Å². The molecular weight excluding hydrogens is 499 g/mol. The summed E-state index contributed by atoms with van der Waals surface area (Å²) in [5.41, 5.74) is 0.283. The molecule has 5 nitrogen and oxygen atoms in total. The summed E-state index contributed by atoms with van der Waals surface area (Å²) in [7, 11) is 0. The van der Waals surface area contributed by atoms with Crippen LogP contribution in [0.4, 0.5) is 4.39 Å². The van der Waals surface area contributed by atoms with Crippen molar-refractivity contribution in [2.45, 2.75) is 52.2 Å². The summed E-state index contributed by atoms with van der Waals surface area (Å²) in [6.45, 7) is 7.46. The van der Waals surface area contributed by atoms with Crippen LogP contribution in [0, 0.1) is 5.82 Å². The highest BCUT2D eigenvalue weighted by Crippen LogP contribution is 2.33. The highest BCUT2D eigenvalue weighted by atomic mass is 79.9. The maximum absolute atomic E-state index is 13.4. The molecule has 34 heavy (non-hydrogen) atoms. The molecule has 0 saturated carbocycles. The Balaban J connectivity index is 1.84. The van der Waals surface area contributed by atoms with E-state index in [2.05, 4.69) is 21.2 Å². The van der Waals surface area contributed by atoms with E-state index in [0.717, 1.165) is 20.8 Å². The van der Waals surface area contributed by atoms with Gasteiger partial charge in [-0.2, -0.15) is 0 Å². The predicted octanol–water partition coefficient (Wildman–Crippen LogP) is 5.84. The molecule has 3 rings (SSSR count). The molecule has 0 unspecified atom stereocenters. The van der Waals surface area contributed by atoms with E-state index < -0.39 is 11.6 Å². The molecule has 0 aliphatic rings. The van der Waals surface area contributed by atoms with Gasteiger partial charge in [-0.05, 0) is 77.7 Å². The Hall–Kier alpha value is -2.93. The van der Waals surface area contributed by atoms with E-state index in [0.29, 0.717) is 12.2 Å². The Morgan fingerprint density at radius 2 is 1.74 bits per heavy atom. The van der Waals surface area contributed by atoms with Crippen molar-refractivity contribution in [2.24, 2.45) is 0 Å². The van der Waals surface area contributed by atoms with E-state index in [-0.39, 0.29) is 30.8 Å². The first kappa shape index (κ1) is 25.7. The lowest BCUT2D eigenvalue weighted by Crippen LogP contribution is -2.54. The molecule has 0 heterocycles. The smallest absolute Gasteiger partial charge is 0.261 e. The van der Waals surface area contributed by atoms with Crippen molar-refractivity contribution in [2.75, 3.05) is 6.61 Å². The van der Waals surface area contributed by atoms with Crippen LogP contribution < -0.4 is 10.1 Å². The van der Waals surface area contributed by atoms with Crippen molar-refractivity contribution in [3.05, 3.63) is 76.5 Å². The van der Waals surface area contributed by atoms with Gasteiger partial charge < -0.3 is 15.0 Å². The first-order valence-electron chi connectivity index (χ1n) is 11.2. The van der Waals surface area contributed by atoms with Gasteiger partial charge in [0.15, 0.2) is 6.61 Å². The third-order valence-electron chi connectivity index (χ3n) is 5.33. The number of carbonyl (C=O) groups excluding carboxylic acids is 2. The van der Waals surface area contributed by atoms with Crippen molar-refractivity contribution in [1.82, 2.24) is 10.2 Å². The molecule has 3 aromatic rings. The number of rotatable bonds is 8. The second-order valence-electron chi connectivity index (χ2n) is 9.20. The lowest BCUT2D eigenvalue weighted by atomic mass is 10.1. The molecule has 0 fully saturated rings. The van der Waals surface area contributed by atoms with Crippen LogP contribution in [0.25, 0.3) is 10.8 Å². The van der Waals surface area contributed by atoms with Crippen LogP contribution in [0.5, 0.6) is 5.75 Å². The van der Waals surface area contributed by atoms with Crippen LogP contribution in [-0.4, -0.2) is 34.9 Å². The van der Waals surface area contributed by atoms with Crippen molar-refractivity contribution in [1.29, 1.82) is 0 Å². The van der Waals surface area contributed by atoms with Gasteiger partial charge in [-0.1, -0.05) is 49.4 Å². The van der Waals surface area contributed by atoms with Crippen molar-refractivity contribution in [3.63, 3.8) is 0 Å². The molecule has 0 aliphatic carbocycles. The topological polar surface area (TPSA) is 58.6 Å². The maximum Gasteiger partial charge on any atom is 0.261 e. The predicted molar refractivity (Wildman–Crippen MR) is 136 cm³/mol. The molecule has 0 radical (unpaired) electrons. The fraction of sp³-hybridized carbons (Fsp3) is 0.333. The molecule has 2 amide bonds. The van der Waals surface area contributed by atoms with Gasteiger partial charge >= 0.3 is 0 Å². The molecule has 0 aromatic heterocycles. The Bertz CT molecular complexity index is 1160. The van der Waals surface area contributed by atoms with Crippen LogP contribution >= 0.6 is 15.9 Å². The fourth-order valence-electron chi connectivity index (χ4n) is 3.71. The van der Waals surface area contributed by atoms with Crippen LogP contribution in [0.1, 0.15) is 39.7 Å². The number of amides is 2. The summed E-state index contributed by atoms with van der Waals surface area (Å²) in [6, 6.07) is 16.8. The second kappa shape index (κ2) is 11.0. The average molecular weight is 529 g/mol. The molecule has 3 aromatic carbocycles. The molecule has 180 valence electrons. The number of halogens is 2. The molecular formula is C27H30BrFN2O3. The Morgan fingerprint density at radius 3 is 2.38 bits per heavy atom. The van der Waals surface area contributed by atoms with Gasteiger partial charge in [0, 0.05) is 12.1 Å². The largest absolute Gasteiger partial charge is 0.483 e. The number of nitrogens with one attached hydrogen (secondary N) is 1. The van der Waals surface area contributed by atoms with Crippen molar-refractivity contribution < 1.29 is 18.7 Å². The van der Waals surface area contributed by atoms with Crippen LogP contribution in [0.3, 0.4) is 0 Å². The minimum absolute atomic E-state index is 0.164. The van der Waals surface area contributed by atoms with Gasteiger partial charge in [-0.3, -0.25) is 9.59 Å². The first-order chi connectivity index (χ1) is 16.1. The normalized spacial score (nSPS) is 12.3. The quantitative estimate of drug-likeness (QED) is 0.399. The number of carbonyl (C=O) groups is 2. The molecule has 7 heteroatoms. The van der Waals surface area contributed by atoms with E-state index in [1.165, 1.54) is 17.0 Å². The third-order valence-corrected chi connectivity index (χ3v) is 6.15. The summed E-state index contributed by atoms with van der Waals surface area (Å²) >= 11 is 3.58. The molecule has 0 bridgehead atoms. The summed E-state index contributed by atoms with van der Waals surface area (Å²) in [4.78, 5) is 27.9. The zero-order valence-electron chi connectivity index (χ0n) is 19.9. The van der Waals surface area contributed by atoms with Gasteiger partial charge in [0.25, 0.3) is 5.91 Å². The Morgan fingerprint density at radius 1 is 1.06 bits per heavy atom. The molecule has 0 spiro atoms. The molecule has 1 N–H and O–H groups in total. The second-order valence-corrected chi connectivity index (χ2v) is 9.99. The lowest BCUT2D eigenvalue weighted by molar-refractivity contribution is -0.143. The number of hydrogen-bond acceptors (Lipinski definition) is 3. The summed E-state index contributed by atoms with van der Waals surface area (Å²) in [6.07, 6.45) is 0.425. The summed E-state index contributed by atoms with van der Waals surface area (Å²) in [5.74, 6) is -0.387. The van der Waals surface area contributed by atoms with E-state index in [1.54, 1.807) is 12.1 Å². The Labute approximate surface area is 208 Å². The molecule has 0 saturated heterocycles.